The Labute approximate surface area is 115 Å². The Kier molecular flexibility index (Phi) is 7.94. The number of hydrogen-bond acceptors (Lipinski definition) is 4. The SMILES string of the molecule is CCCCCC1C/C=C\C(OC=O)CCCC(=O)O1. The Morgan fingerprint density at radius 1 is 1.47 bits per heavy atom. The van der Waals surface area contributed by atoms with Gasteiger partial charge in [0.15, 0.2) is 0 Å². The molecule has 0 aromatic rings. The maximum atomic E-state index is 11.7. The zero-order valence-corrected chi connectivity index (χ0v) is 11.7. The highest BCUT2D eigenvalue weighted by Gasteiger charge is 2.16. The van der Waals surface area contributed by atoms with Crippen LogP contribution >= 0.6 is 0 Å². The van der Waals surface area contributed by atoms with Crippen LogP contribution < -0.4 is 0 Å². The molecule has 4 nitrogen and oxygen atoms in total. The maximum Gasteiger partial charge on any atom is 0.306 e. The van der Waals surface area contributed by atoms with E-state index < -0.39 is 0 Å². The van der Waals surface area contributed by atoms with Gasteiger partial charge in [0, 0.05) is 12.8 Å². The average Bonchev–Trinajstić information content (AvgIpc) is 2.38. The van der Waals surface area contributed by atoms with E-state index in [0.29, 0.717) is 32.2 Å². The molecule has 0 aromatic carbocycles. The fraction of sp³-hybridized carbons (Fsp3) is 0.733. The summed E-state index contributed by atoms with van der Waals surface area (Å²) in [5.74, 6) is -0.137. The molecule has 1 rings (SSSR count). The Bertz CT molecular complexity index is 299. The molecule has 1 heterocycles. The molecule has 0 aliphatic carbocycles. The van der Waals surface area contributed by atoms with E-state index in [0.717, 1.165) is 25.7 Å². The number of rotatable bonds is 6. The highest BCUT2D eigenvalue weighted by Crippen LogP contribution is 2.16. The first-order valence-electron chi connectivity index (χ1n) is 7.21. The molecule has 0 aromatic heterocycles. The van der Waals surface area contributed by atoms with Crippen molar-refractivity contribution in [2.24, 2.45) is 0 Å². The topological polar surface area (TPSA) is 52.6 Å². The second-order valence-corrected chi connectivity index (χ2v) is 4.93. The number of unbranched alkanes of at least 4 members (excludes halogenated alkanes) is 2. The molecular formula is C15H24O4. The summed E-state index contributed by atoms with van der Waals surface area (Å²) in [7, 11) is 0. The summed E-state index contributed by atoms with van der Waals surface area (Å²) >= 11 is 0. The van der Waals surface area contributed by atoms with E-state index in [2.05, 4.69) is 6.92 Å². The van der Waals surface area contributed by atoms with E-state index in [1.165, 1.54) is 0 Å². The smallest absolute Gasteiger partial charge is 0.306 e. The van der Waals surface area contributed by atoms with Gasteiger partial charge in [-0.05, 0) is 31.8 Å². The van der Waals surface area contributed by atoms with Gasteiger partial charge < -0.3 is 9.47 Å². The highest BCUT2D eigenvalue weighted by molar-refractivity contribution is 5.69. The van der Waals surface area contributed by atoms with Crippen LogP contribution in [-0.2, 0) is 19.1 Å². The summed E-state index contributed by atoms with van der Waals surface area (Å²) in [4.78, 5) is 22.0. The monoisotopic (exact) mass is 268 g/mol. The molecule has 19 heavy (non-hydrogen) atoms. The summed E-state index contributed by atoms with van der Waals surface area (Å²) in [6, 6.07) is 0. The van der Waals surface area contributed by atoms with Gasteiger partial charge >= 0.3 is 5.97 Å². The summed E-state index contributed by atoms with van der Waals surface area (Å²) in [5, 5.41) is 0. The zero-order valence-electron chi connectivity index (χ0n) is 11.7. The van der Waals surface area contributed by atoms with Gasteiger partial charge in [0.25, 0.3) is 6.47 Å². The van der Waals surface area contributed by atoms with Crippen LogP contribution in [0.3, 0.4) is 0 Å². The standard InChI is InChI=1S/C15H24O4/c1-2-3-4-7-14-10-5-8-13(18-12-16)9-6-11-15(17)19-14/h5,8,12-14H,2-4,6-7,9-11H2,1H3/b8-5-. The molecule has 0 saturated heterocycles. The third-order valence-corrected chi connectivity index (χ3v) is 3.28. The quantitative estimate of drug-likeness (QED) is 0.321. The predicted octanol–water partition coefficient (Wildman–Crippen LogP) is 3.15. The highest BCUT2D eigenvalue weighted by atomic mass is 16.5. The lowest BCUT2D eigenvalue weighted by Gasteiger charge is -2.19. The Balaban J connectivity index is 2.51. The van der Waals surface area contributed by atoms with Crippen molar-refractivity contribution in [3.8, 4) is 0 Å². The van der Waals surface area contributed by atoms with Crippen molar-refractivity contribution in [3.63, 3.8) is 0 Å². The van der Waals surface area contributed by atoms with E-state index in [-0.39, 0.29) is 18.2 Å². The fourth-order valence-electron chi connectivity index (χ4n) is 2.20. The van der Waals surface area contributed by atoms with Crippen molar-refractivity contribution >= 4 is 12.4 Å². The lowest BCUT2D eigenvalue weighted by molar-refractivity contribution is -0.149. The van der Waals surface area contributed by atoms with E-state index in [9.17, 15) is 9.59 Å². The largest absolute Gasteiger partial charge is 0.462 e. The van der Waals surface area contributed by atoms with Gasteiger partial charge in [-0.25, -0.2) is 0 Å². The molecule has 2 atom stereocenters. The number of carbonyl (C=O) groups excluding carboxylic acids is 2. The van der Waals surface area contributed by atoms with Crippen LogP contribution in [0, 0.1) is 0 Å². The second-order valence-electron chi connectivity index (χ2n) is 4.93. The van der Waals surface area contributed by atoms with Crippen LogP contribution in [0.4, 0.5) is 0 Å². The molecule has 108 valence electrons. The molecule has 0 saturated carbocycles. The maximum absolute atomic E-state index is 11.7. The van der Waals surface area contributed by atoms with Crippen molar-refractivity contribution in [1.29, 1.82) is 0 Å². The van der Waals surface area contributed by atoms with E-state index >= 15 is 0 Å². The van der Waals surface area contributed by atoms with Crippen LogP contribution in [-0.4, -0.2) is 24.6 Å². The molecule has 0 spiro atoms. The van der Waals surface area contributed by atoms with E-state index in [1.807, 2.05) is 12.2 Å². The van der Waals surface area contributed by atoms with Gasteiger partial charge in [0.1, 0.15) is 12.2 Å². The third kappa shape index (κ3) is 6.99. The molecule has 0 bridgehead atoms. The minimum Gasteiger partial charge on any atom is -0.462 e. The van der Waals surface area contributed by atoms with Gasteiger partial charge in [-0.3, -0.25) is 9.59 Å². The molecular weight excluding hydrogens is 244 g/mol. The summed E-state index contributed by atoms with van der Waals surface area (Å²) in [6.45, 7) is 2.62. The Morgan fingerprint density at radius 3 is 3.05 bits per heavy atom. The minimum atomic E-state index is -0.209. The number of cyclic esters (lactones) is 1. The van der Waals surface area contributed by atoms with Gasteiger partial charge in [-0.15, -0.1) is 0 Å². The first kappa shape index (κ1) is 15.7. The molecule has 1 aliphatic heterocycles. The second kappa shape index (κ2) is 9.59. The van der Waals surface area contributed by atoms with Crippen LogP contribution in [0.1, 0.15) is 58.3 Å². The first-order valence-corrected chi connectivity index (χ1v) is 7.21. The molecule has 0 radical (unpaired) electrons. The zero-order chi connectivity index (χ0) is 13.9. The van der Waals surface area contributed by atoms with Crippen molar-refractivity contribution < 1.29 is 19.1 Å². The molecule has 4 heteroatoms. The normalized spacial score (nSPS) is 26.3. The number of carbonyl (C=O) groups is 2. The Hall–Kier alpha value is -1.32. The van der Waals surface area contributed by atoms with E-state index in [4.69, 9.17) is 9.47 Å². The predicted molar refractivity (Wildman–Crippen MR) is 72.6 cm³/mol. The van der Waals surface area contributed by atoms with Crippen LogP contribution in [0.5, 0.6) is 0 Å². The minimum absolute atomic E-state index is 0.0368. The summed E-state index contributed by atoms with van der Waals surface area (Å²) < 4.78 is 10.4. The van der Waals surface area contributed by atoms with Crippen molar-refractivity contribution in [2.45, 2.75) is 70.5 Å². The number of esters is 1. The van der Waals surface area contributed by atoms with Crippen LogP contribution in [0.25, 0.3) is 0 Å². The van der Waals surface area contributed by atoms with Crippen molar-refractivity contribution in [1.82, 2.24) is 0 Å². The lowest BCUT2D eigenvalue weighted by Crippen LogP contribution is -2.20. The van der Waals surface area contributed by atoms with Gasteiger partial charge in [0.2, 0.25) is 0 Å². The molecule has 0 amide bonds. The van der Waals surface area contributed by atoms with Crippen LogP contribution in [0.15, 0.2) is 12.2 Å². The summed E-state index contributed by atoms with van der Waals surface area (Å²) in [5.41, 5.74) is 0. The fourth-order valence-corrected chi connectivity index (χ4v) is 2.20. The van der Waals surface area contributed by atoms with Gasteiger partial charge in [-0.1, -0.05) is 25.8 Å². The average molecular weight is 268 g/mol. The number of hydrogen-bond donors (Lipinski definition) is 0. The van der Waals surface area contributed by atoms with Gasteiger partial charge in [0.05, 0.1) is 0 Å². The van der Waals surface area contributed by atoms with Crippen molar-refractivity contribution in [3.05, 3.63) is 12.2 Å². The van der Waals surface area contributed by atoms with Crippen LogP contribution in [0.2, 0.25) is 0 Å². The molecule has 1 aliphatic rings. The molecule has 0 N–H and O–H groups in total. The third-order valence-electron chi connectivity index (χ3n) is 3.28. The van der Waals surface area contributed by atoms with E-state index in [1.54, 1.807) is 0 Å². The lowest BCUT2D eigenvalue weighted by atomic mass is 10.0. The molecule has 0 fully saturated rings. The summed E-state index contributed by atoms with van der Waals surface area (Å²) in [6.07, 6.45) is 10.4. The van der Waals surface area contributed by atoms with Gasteiger partial charge in [-0.2, -0.15) is 0 Å². The van der Waals surface area contributed by atoms with Crippen molar-refractivity contribution in [2.75, 3.05) is 0 Å². The first-order chi connectivity index (χ1) is 9.26. The number of ether oxygens (including phenoxy) is 2. The molecule has 2 unspecified atom stereocenters. The Morgan fingerprint density at radius 2 is 2.32 bits per heavy atom.